The number of hydrogen-bond donors (Lipinski definition) is 2. The number of likely N-dealkylation sites (N-methyl/N-ethyl adjacent to an activating group) is 1. The average Bonchev–Trinajstić information content (AvgIpc) is 2.33. The molecular formula is C15H26N2O. The minimum atomic E-state index is 0.116. The lowest BCUT2D eigenvalue weighted by molar-refractivity contribution is 0.237. The van der Waals surface area contributed by atoms with Crippen LogP contribution in [0.3, 0.4) is 0 Å². The number of benzene rings is 1. The molecule has 2 N–H and O–H groups in total. The summed E-state index contributed by atoms with van der Waals surface area (Å²) in [6.07, 6.45) is 0. The summed E-state index contributed by atoms with van der Waals surface area (Å²) in [7, 11) is 0. The van der Waals surface area contributed by atoms with Crippen molar-refractivity contribution in [1.82, 2.24) is 5.32 Å². The zero-order valence-corrected chi connectivity index (χ0v) is 12.0. The first-order valence-electron chi connectivity index (χ1n) is 6.75. The number of hydrogen-bond acceptors (Lipinski definition) is 3. The quantitative estimate of drug-likeness (QED) is 0.778. The predicted octanol–water partition coefficient (Wildman–Crippen LogP) is 2.18. The van der Waals surface area contributed by atoms with Gasteiger partial charge in [-0.3, -0.25) is 0 Å². The van der Waals surface area contributed by atoms with E-state index >= 15 is 0 Å². The first-order valence-corrected chi connectivity index (χ1v) is 6.75. The normalized spacial score (nSPS) is 12.8. The maximum absolute atomic E-state index is 9.43. The number of nitrogens with one attached hydrogen (secondary N) is 1. The molecule has 102 valence electrons. The highest BCUT2D eigenvalue weighted by molar-refractivity contribution is 5.48. The van der Waals surface area contributed by atoms with Crippen molar-refractivity contribution in [3.05, 3.63) is 29.8 Å². The van der Waals surface area contributed by atoms with Gasteiger partial charge in [-0.15, -0.1) is 0 Å². The van der Waals surface area contributed by atoms with Gasteiger partial charge in [0.1, 0.15) is 0 Å². The van der Waals surface area contributed by atoms with Crippen molar-refractivity contribution in [2.24, 2.45) is 0 Å². The molecule has 0 fully saturated rings. The molecule has 0 radical (unpaired) electrons. The lowest BCUT2D eigenvalue weighted by Crippen LogP contribution is -2.46. The van der Waals surface area contributed by atoms with E-state index in [9.17, 15) is 5.11 Å². The van der Waals surface area contributed by atoms with Crippen molar-refractivity contribution < 1.29 is 5.11 Å². The summed E-state index contributed by atoms with van der Waals surface area (Å²) in [4.78, 5) is 2.29. The molecule has 1 unspecified atom stereocenters. The molecule has 0 aromatic heterocycles. The van der Waals surface area contributed by atoms with Crippen molar-refractivity contribution in [2.45, 2.75) is 39.8 Å². The van der Waals surface area contributed by atoms with Crippen LogP contribution < -0.4 is 10.2 Å². The van der Waals surface area contributed by atoms with Crippen molar-refractivity contribution in [2.75, 3.05) is 24.6 Å². The van der Waals surface area contributed by atoms with E-state index in [4.69, 9.17) is 0 Å². The maximum atomic E-state index is 9.43. The Morgan fingerprint density at radius 1 is 1.33 bits per heavy atom. The van der Waals surface area contributed by atoms with E-state index in [1.165, 1.54) is 11.3 Å². The number of aliphatic hydroxyl groups excluding tert-OH is 1. The van der Waals surface area contributed by atoms with Gasteiger partial charge < -0.3 is 15.3 Å². The molecule has 3 nitrogen and oxygen atoms in total. The van der Waals surface area contributed by atoms with Gasteiger partial charge in [0.05, 0.1) is 6.61 Å². The SMILES string of the molecule is CCN(CC(CO)NC(C)C)c1cccc(C)c1. The number of rotatable bonds is 7. The van der Waals surface area contributed by atoms with Crippen LogP contribution in [0, 0.1) is 6.92 Å². The molecule has 0 saturated carbocycles. The van der Waals surface area contributed by atoms with Crippen LogP contribution in [0.15, 0.2) is 24.3 Å². The van der Waals surface area contributed by atoms with E-state index < -0.39 is 0 Å². The molecule has 18 heavy (non-hydrogen) atoms. The molecule has 0 amide bonds. The van der Waals surface area contributed by atoms with Crippen molar-refractivity contribution in [1.29, 1.82) is 0 Å². The number of anilines is 1. The molecule has 0 bridgehead atoms. The monoisotopic (exact) mass is 250 g/mol. The van der Waals surface area contributed by atoms with Crippen LogP contribution in [0.4, 0.5) is 5.69 Å². The molecule has 3 heteroatoms. The van der Waals surface area contributed by atoms with E-state index in [0.717, 1.165) is 13.1 Å². The first-order chi connectivity index (χ1) is 8.56. The van der Waals surface area contributed by atoms with Crippen LogP contribution in [-0.4, -0.2) is 36.9 Å². The fourth-order valence-electron chi connectivity index (χ4n) is 2.14. The molecule has 0 heterocycles. The van der Waals surface area contributed by atoms with Crippen molar-refractivity contribution >= 4 is 5.69 Å². The fourth-order valence-corrected chi connectivity index (χ4v) is 2.14. The van der Waals surface area contributed by atoms with Crippen LogP contribution >= 0.6 is 0 Å². The minimum Gasteiger partial charge on any atom is -0.395 e. The van der Waals surface area contributed by atoms with Crippen molar-refractivity contribution in [3.63, 3.8) is 0 Å². The van der Waals surface area contributed by atoms with Gasteiger partial charge in [0, 0.05) is 30.9 Å². The van der Waals surface area contributed by atoms with E-state index in [0.29, 0.717) is 6.04 Å². The lowest BCUT2D eigenvalue weighted by Gasteiger charge is -2.29. The van der Waals surface area contributed by atoms with Gasteiger partial charge in [0.15, 0.2) is 0 Å². The Hall–Kier alpha value is -1.06. The largest absolute Gasteiger partial charge is 0.395 e. The smallest absolute Gasteiger partial charge is 0.0602 e. The second-order valence-electron chi connectivity index (χ2n) is 5.08. The van der Waals surface area contributed by atoms with Gasteiger partial charge in [0.2, 0.25) is 0 Å². The highest BCUT2D eigenvalue weighted by Crippen LogP contribution is 2.15. The first kappa shape index (κ1) is 15.0. The van der Waals surface area contributed by atoms with Crippen LogP contribution in [-0.2, 0) is 0 Å². The van der Waals surface area contributed by atoms with E-state index in [1.54, 1.807) is 0 Å². The zero-order valence-electron chi connectivity index (χ0n) is 12.0. The van der Waals surface area contributed by atoms with Crippen LogP contribution in [0.1, 0.15) is 26.3 Å². The third kappa shape index (κ3) is 4.67. The fraction of sp³-hybridized carbons (Fsp3) is 0.600. The third-order valence-electron chi connectivity index (χ3n) is 2.98. The van der Waals surface area contributed by atoms with Gasteiger partial charge in [-0.2, -0.15) is 0 Å². The molecule has 0 spiro atoms. The highest BCUT2D eigenvalue weighted by Gasteiger charge is 2.13. The molecular weight excluding hydrogens is 224 g/mol. The molecule has 0 aliphatic carbocycles. The Labute approximate surface area is 111 Å². The highest BCUT2D eigenvalue weighted by atomic mass is 16.3. The third-order valence-corrected chi connectivity index (χ3v) is 2.98. The van der Waals surface area contributed by atoms with Gasteiger partial charge in [0.25, 0.3) is 0 Å². The molecule has 0 aliphatic heterocycles. The van der Waals surface area contributed by atoms with Crippen LogP contribution in [0.5, 0.6) is 0 Å². The molecule has 1 aromatic carbocycles. The van der Waals surface area contributed by atoms with E-state index in [1.807, 2.05) is 0 Å². The zero-order chi connectivity index (χ0) is 13.5. The Kier molecular flexibility index (Phi) is 6.16. The van der Waals surface area contributed by atoms with Gasteiger partial charge >= 0.3 is 0 Å². The number of aliphatic hydroxyl groups is 1. The summed E-state index contributed by atoms with van der Waals surface area (Å²) < 4.78 is 0. The Morgan fingerprint density at radius 3 is 2.56 bits per heavy atom. The minimum absolute atomic E-state index is 0.116. The lowest BCUT2D eigenvalue weighted by atomic mass is 10.2. The predicted molar refractivity (Wildman–Crippen MR) is 78.2 cm³/mol. The average molecular weight is 250 g/mol. The standard InChI is InChI=1S/C15H26N2O/c1-5-17(10-14(11-18)16-12(2)3)15-8-6-7-13(4)9-15/h6-9,12,14,16,18H,5,10-11H2,1-4H3. The van der Waals surface area contributed by atoms with Gasteiger partial charge in [-0.05, 0) is 31.5 Å². The number of aryl methyl sites for hydroxylation is 1. The second-order valence-corrected chi connectivity index (χ2v) is 5.08. The maximum Gasteiger partial charge on any atom is 0.0602 e. The summed E-state index contributed by atoms with van der Waals surface area (Å²) in [5, 5.41) is 12.8. The molecule has 0 aliphatic rings. The number of nitrogens with zero attached hydrogens (tertiary/aromatic N) is 1. The summed E-state index contributed by atoms with van der Waals surface area (Å²) in [5.74, 6) is 0. The summed E-state index contributed by atoms with van der Waals surface area (Å²) in [6, 6.07) is 9.00. The topological polar surface area (TPSA) is 35.5 Å². The molecule has 1 atom stereocenters. The molecule has 0 saturated heterocycles. The second kappa shape index (κ2) is 7.39. The Morgan fingerprint density at radius 2 is 2.06 bits per heavy atom. The van der Waals surface area contributed by atoms with E-state index in [-0.39, 0.29) is 12.6 Å². The van der Waals surface area contributed by atoms with E-state index in [2.05, 4.69) is 62.2 Å². The summed E-state index contributed by atoms with van der Waals surface area (Å²) in [6.45, 7) is 10.4. The summed E-state index contributed by atoms with van der Waals surface area (Å²) in [5.41, 5.74) is 2.49. The summed E-state index contributed by atoms with van der Waals surface area (Å²) >= 11 is 0. The Bertz CT molecular complexity index is 352. The molecule has 1 aromatic rings. The van der Waals surface area contributed by atoms with Crippen LogP contribution in [0.2, 0.25) is 0 Å². The van der Waals surface area contributed by atoms with Gasteiger partial charge in [-0.25, -0.2) is 0 Å². The van der Waals surface area contributed by atoms with Crippen LogP contribution in [0.25, 0.3) is 0 Å². The van der Waals surface area contributed by atoms with Gasteiger partial charge in [-0.1, -0.05) is 26.0 Å². The molecule has 1 rings (SSSR count). The van der Waals surface area contributed by atoms with Crippen molar-refractivity contribution in [3.8, 4) is 0 Å². The Balaban J connectivity index is 2.71.